The number of carbonyl (C=O) groups excluding carboxylic acids is 1. The molecule has 2 heterocycles. The molecule has 4 aromatic rings. The predicted octanol–water partition coefficient (Wildman–Crippen LogP) is 4.91. The number of nitrogens with one attached hydrogen (secondary N) is 1. The van der Waals surface area contributed by atoms with E-state index in [0.29, 0.717) is 50.2 Å². The number of carbonyl (C=O) groups is 1. The lowest BCUT2D eigenvalue weighted by Crippen LogP contribution is -2.49. The Morgan fingerprint density at radius 2 is 1.51 bits per heavy atom. The van der Waals surface area contributed by atoms with Crippen molar-refractivity contribution in [3.8, 4) is 11.6 Å². The zero-order valence-electron chi connectivity index (χ0n) is 20.2. The van der Waals surface area contributed by atoms with Crippen LogP contribution < -0.4 is 14.8 Å². The number of halogens is 1. The summed E-state index contributed by atoms with van der Waals surface area (Å²) in [6.45, 7) is 2.38. The maximum absolute atomic E-state index is 13.0. The van der Waals surface area contributed by atoms with Crippen molar-refractivity contribution in [2.45, 2.75) is 25.8 Å². The van der Waals surface area contributed by atoms with Crippen molar-refractivity contribution in [3.63, 3.8) is 0 Å². The number of hydrogen-bond acceptors (Lipinski definition) is 6. The number of piperazine rings is 1. The Labute approximate surface area is 230 Å². The topological polar surface area (TPSA) is 76.6 Å². The summed E-state index contributed by atoms with van der Waals surface area (Å²) >= 11 is 2.27. The van der Waals surface area contributed by atoms with Gasteiger partial charge in [0.25, 0.3) is 5.88 Å². The molecule has 1 unspecified atom stereocenters. The van der Waals surface area contributed by atoms with Gasteiger partial charge in [-0.05, 0) is 51.4 Å². The summed E-state index contributed by atoms with van der Waals surface area (Å²) < 4.78 is 13.5. The van der Waals surface area contributed by atoms with Crippen LogP contribution >= 0.6 is 22.6 Å². The minimum Gasteiger partial charge on any atom is -0.482 e. The second kappa shape index (κ2) is 12.2. The van der Waals surface area contributed by atoms with Crippen LogP contribution in [0.25, 0.3) is 0 Å². The number of amides is 1. The Morgan fingerprint density at radius 1 is 0.865 bits per heavy atom. The molecule has 0 bridgehead atoms. The number of nitrogens with zero attached hydrogens (tertiary/aromatic N) is 3. The molecular formula is C29H27IN4O3. The third-order valence-electron chi connectivity index (χ3n) is 6.14. The van der Waals surface area contributed by atoms with Gasteiger partial charge in [0.2, 0.25) is 11.7 Å². The van der Waals surface area contributed by atoms with Crippen LogP contribution in [0.15, 0.2) is 91.3 Å². The van der Waals surface area contributed by atoms with Crippen LogP contribution in [0.3, 0.4) is 0 Å². The third kappa shape index (κ3) is 6.44. The summed E-state index contributed by atoms with van der Waals surface area (Å²) in [6.07, 6.45) is 1.49. The van der Waals surface area contributed by atoms with E-state index < -0.39 is 6.04 Å². The summed E-state index contributed by atoms with van der Waals surface area (Å²) in [5.41, 5.74) is 3.68. The van der Waals surface area contributed by atoms with Gasteiger partial charge < -0.3 is 14.8 Å². The van der Waals surface area contributed by atoms with Crippen LogP contribution in [0.5, 0.6) is 11.6 Å². The van der Waals surface area contributed by atoms with E-state index in [9.17, 15) is 4.79 Å². The van der Waals surface area contributed by atoms with E-state index in [2.05, 4.69) is 42.8 Å². The molecule has 7 nitrogen and oxygen atoms in total. The molecule has 1 amide bonds. The predicted molar refractivity (Wildman–Crippen MR) is 149 cm³/mol. The average Bonchev–Trinajstić information content (AvgIpc) is 2.93. The van der Waals surface area contributed by atoms with E-state index in [4.69, 9.17) is 9.47 Å². The van der Waals surface area contributed by atoms with Crippen molar-refractivity contribution in [1.29, 1.82) is 0 Å². The first-order chi connectivity index (χ1) is 18.2. The fourth-order valence-corrected chi connectivity index (χ4v) is 4.65. The van der Waals surface area contributed by atoms with Crippen LogP contribution in [0, 0.1) is 3.57 Å². The smallest absolute Gasteiger partial charge is 0.260 e. The molecule has 8 heteroatoms. The highest BCUT2D eigenvalue weighted by atomic mass is 127. The molecule has 1 aliphatic rings. The van der Waals surface area contributed by atoms with Crippen LogP contribution in [0.1, 0.15) is 28.4 Å². The molecule has 0 saturated carbocycles. The highest BCUT2D eigenvalue weighted by Gasteiger charge is 2.32. The molecule has 0 aliphatic carbocycles. The molecule has 1 aliphatic heterocycles. The Balaban J connectivity index is 1.43. The summed E-state index contributed by atoms with van der Waals surface area (Å²) in [7, 11) is 0. The minimum atomic E-state index is -0.420. The molecule has 1 saturated heterocycles. The molecule has 5 rings (SSSR count). The molecule has 188 valence electrons. The maximum atomic E-state index is 13.0. The van der Waals surface area contributed by atoms with Gasteiger partial charge in [-0.15, -0.1) is 0 Å². The van der Waals surface area contributed by atoms with E-state index in [1.54, 1.807) is 0 Å². The van der Waals surface area contributed by atoms with E-state index in [-0.39, 0.29) is 5.91 Å². The van der Waals surface area contributed by atoms with E-state index in [1.807, 2.05) is 84.9 Å². The summed E-state index contributed by atoms with van der Waals surface area (Å²) in [5.74, 6) is 0.862. The first-order valence-corrected chi connectivity index (χ1v) is 13.2. The van der Waals surface area contributed by atoms with Gasteiger partial charge in [0.15, 0.2) is 0 Å². The van der Waals surface area contributed by atoms with Gasteiger partial charge >= 0.3 is 0 Å². The quantitative estimate of drug-likeness (QED) is 0.273. The van der Waals surface area contributed by atoms with Crippen molar-refractivity contribution >= 4 is 28.5 Å². The van der Waals surface area contributed by atoms with Crippen LogP contribution in [-0.4, -0.2) is 33.9 Å². The number of rotatable bonds is 9. The van der Waals surface area contributed by atoms with E-state index >= 15 is 0 Å². The van der Waals surface area contributed by atoms with Crippen LogP contribution in [0.4, 0.5) is 0 Å². The lowest BCUT2D eigenvalue weighted by atomic mass is 10.0. The standard InChI is InChI=1S/C29H27IN4O3/c30-24-13-11-23(12-14-24)26-28(35)31-15-16-34(26)17-25-27(36-18-21-7-3-1-4-8-21)29(33-20-32-25)37-19-22-9-5-2-6-10-22/h1-14,20,26H,15-19H2,(H,31,35). The number of benzene rings is 3. The van der Waals surface area contributed by atoms with Crippen molar-refractivity contribution in [2.75, 3.05) is 13.1 Å². The molecule has 1 fully saturated rings. The second-order valence-electron chi connectivity index (χ2n) is 8.72. The first-order valence-electron chi connectivity index (χ1n) is 12.1. The Bertz CT molecular complexity index is 1320. The van der Waals surface area contributed by atoms with Gasteiger partial charge in [0, 0.05) is 23.2 Å². The monoisotopic (exact) mass is 606 g/mol. The summed E-state index contributed by atoms with van der Waals surface area (Å²) in [4.78, 5) is 24.1. The zero-order chi connectivity index (χ0) is 25.5. The largest absolute Gasteiger partial charge is 0.482 e. The molecule has 0 radical (unpaired) electrons. The summed E-state index contributed by atoms with van der Waals surface area (Å²) in [6, 6.07) is 27.5. The maximum Gasteiger partial charge on any atom is 0.260 e. The molecule has 1 atom stereocenters. The Hall–Kier alpha value is -3.50. The van der Waals surface area contributed by atoms with Crippen molar-refractivity contribution in [3.05, 3.63) is 117 Å². The lowest BCUT2D eigenvalue weighted by Gasteiger charge is -2.35. The molecule has 1 aromatic heterocycles. The van der Waals surface area contributed by atoms with Gasteiger partial charge in [-0.3, -0.25) is 9.69 Å². The van der Waals surface area contributed by atoms with Crippen molar-refractivity contribution < 1.29 is 14.3 Å². The van der Waals surface area contributed by atoms with Gasteiger partial charge in [-0.1, -0.05) is 72.8 Å². The summed E-state index contributed by atoms with van der Waals surface area (Å²) in [5, 5.41) is 3.00. The van der Waals surface area contributed by atoms with Crippen LogP contribution in [-0.2, 0) is 24.6 Å². The molecule has 1 N–H and O–H groups in total. The van der Waals surface area contributed by atoms with E-state index in [0.717, 1.165) is 20.3 Å². The normalized spacial score (nSPS) is 15.7. The van der Waals surface area contributed by atoms with E-state index in [1.165, 1.54) is 6.33 Å². The van der Waals surface area contributed by atoms with Gasteiger partial charge in [0.05, 0.1) is 0 Å². The highest BCUT2D eigenvalue weighted by Crippen LogP contribution is 2.33. The molecule has 37 heavy (non-hydrogen) atoms. The highest BCUT2D eigenvalue weighted by molar-refractivity contribution is 14.1. The van der Waals surface area contributed by atoms with Gasteiger partial charge in [-0.2, -0.15) is 4.98 Å². The SMILES string of the molecule is O=C1NCCN(Cc2ncnc(OCc3ccccc3)c2OCc2ccccc2)C1c1ccc(I)cc1. The van der Waals surface area contributed by atoms with Crippen LogP contribution in [0.2, 0.25) is 0 Å². The zero-order valence-corrected chi connectivity index (χ0v) is 22.4. The van der Waals surface area contributed by atoms with Crippen molar-refractivity contribution in [1.82, 2.24) is 20.2 Å². The number of aromatic nitrogens is 2. The first kappa shape index (κ1) is 25.2. The average molecular weight is 606 g/mol. The number of ether oxygens (including phenoxy) is 2. The van der Waals surface area contributed by atoms with Crippen molar-refractivity contribution in [2.24, 2.45) is 0 Å². The third-order valence-corrected chi connectivity index (χ3v) is 6.86. The number of hydrogen-bond donors (Lipinski definition) is 1. The Morgan fingerprint density at radius 3 is 2.19 bits per heavy atom. The molecule has 0 spiro atoms. The molecular weight excluding hydrogens is 579 g/mol. The molecule has 3 aromatic carbocycles. The second-order valence-corrected chi connectivity index (χ2v) is 9.96. The van der Waals surface area contributed by atoms with Gasteiger partial charge in [-0.25, -0.2) is 4.98 Å². The fraction of sp³-hybridized carbons (Fsp3) is 0.207. The minimum absolute atomic E-state index is 0.0196. The Kier molecular flexibility index (Phi) is 8.27. The lowest BCUT2D eigenvalue weighted by molar-refractivity contribution is -0.129. The van der Waals surface area contributed by atoms with Gasteiger partial charge in [0.1, 0.15) is 31.3 Å². The fourth-order valence-electron chi connectivity index (χ4n) is 4.29.